The summed E-state index contributed by atoms with van der Waals surface area (Å²) in [5.41, 5.74) is 1.40. The molecular weight excluding hydrogens is 304 g/mol. The van der Waals surface area contributed by atoms with Crippen molar-refractivity contribution in [1.82, 2.24) is 0 Å². The third-order valence-electron chi connectivity index (χ3n) is 2.97. The Kier molecular flexibility index (Phi) is 6.07. The number of urea groups is 1. The quantitative estimate of drug-likeness (QED) is 0.792. The van der Waals surface area contributed by atoms with Crippen molar-refractivity contribution in [3.05, 3.63) is 48.5 Å². The van der Waals surface area contributed by atoms with Gasteiger partial charge in [-0.3, -0.25) is 0 Å². The molecule has 0 aliphatic rings. The van der Waals surface area contributed by atoms with Gasteiger partial charge in [-0.2, -0.15) is 0 Å². The van der Waals surface area contributed by atoms with Crippen LogP contribution in [0, 0.1) is 0 Å². The monoisotopic (exact) mass is 328 g/mol. The van der Waals surface area contributed by atoms with Crippen molar-refractivity contribution in [1.29, 1.82) is 0 Å². The molecule has 2 amide bonds. The second-order valence-corrected chi connectivity index (χ2v) is 5.96. The molecule has 0 spiro atoms. The van der Waals surface area contributed by atoms with Crippen LogP contribution in [-0.4, -0.2) is 18.2 Å². The summed E-state index contributed by atoms with van der Waals surface area (Å²) in [6.45, 7) is 7.88. The first-order valence-corrected chi connectivity index (χ1v) is 8.04. The van der Waals surface area contributed by atoms with Gasteiger partial charge in [-0.15, -0.1) is 0 Å². The van der Waals surface area contributed by atoms with Gasteiger partial charge >= 0.3 is 6.03 Å². The van der Waals surface area contributed by atoms with E-state index in [0.717, 1.165) is 11.5 Å². The lowest BCUT2D eigenvalue weighted by Gasteiger charge is -2.12. The Hall–Kier alpha value is -2.69. The highest BCUT2D eigenvalue weighted by atomic mass is 16.5. The van der Waals surface area contributed by atoms with Crippen LogP contribution in [0.1, 0.15) is 27.7 Å². The first-order chi connectivity index (χ1) is 11.4. The number of benzene rings is 2. The number of carbonyl (C=O) groups excluding carboxylic acids is 1. The first-order valence-electron chi connectivity index (χ1n) is 8.04. The predicted octanol–water partition coefficient (Wildman–Crippen LogP) is 4.91. The Morgan fingerprint density at radius 2 is 1.04 bits per heavy atom. The Balaban J connectivity index is 1.88. The molecule has 0 saturated heterocycles. The Morgan fingerprint density at radius 3 is 1.33 bits per heavy atom. The second-order valence-electron chi connectivity index (χ2n) is 5.96. The van der Waals surface area contributed by atoms with Gasteiger partial charge < -0.3 is 20.1 Å². The molecular formula is C19H24N2O3. The standard InChI is InChI=1S/C19H24N2O3/c1-13(2)23-17-9-5-15(6-10-17)20-19(22)21-16-7-11-18(12-8-16)24-14(3)4/h5-14H,1-4H3,(H2,20,21,22). The van der Waals surface area contributed by atoms with E-state index < -0.39 is 0 Å². The molecule has 2 aromatic carbocycles. The van der Waals surface area contributed by atoms with Gasteiger partial charge in [0.25, 0.3) is 0 Å². The Bertz CT molecular complexity index is 592. The number of hydrogen-bond acceptors (Lipinski definition) is 3. The van der Waals surface area contributed by atoms with Gasteiger partial charge in [0.1, 0.15) is 11.5 Å². The fourth-order valence-electron chi connectivity index (χ4n) is 2.07. The summed E-state index contributed by atoms with van der Waals surface area (Å²) in [4.78, 5) is 12.0. The van der Waals surface area contributed by atoms with Crippen LogP contribution in [0.4, 0.5) is 16.2 Å². The van der Waals surface area contributed by atoms with E-state index >= 15 is 0 Å². The number of anilines is 2. The maximum atomic E-state index is 12.0. The third kappa shape index (κ3) is 5.83. The molecule has 0 atom stereocenters. The fraction of sp³-hybridized carbons (Fsp3) is 0.316. The lowest BCUT2D eigenvalue weighted by Crippen LogP contribution is -2.19. The van der Waals surface area contributed by atoms with Crippen LogP contribution in [0.15, 0.2) is 48.5 Å². The van der Waals surface area contributed by atoms with Crippen molar-refractivity contribution in [2.45, 2.75) is 39.9 Å². The fourth-order valence-corrected chi connectivity index (χ4v) is 2.07. The summed E-state index contributed by atoms with van der Waals surface area (Å²) in [6, 6.07) is 14.2. The number of hydrogen-bond donors (Lipinski definition) is 2. The molecule has 0 fully saturated rings. The largest absolute Gasteiger partial charge is 0.491 e. The Morgan fingerprint density at radius 1 is 0.708 bits per heavy atom. The van der Waals surface area contributed by atoms with Crippen LogP contribution in [0.25, 0.3) is 0 Å². The van der Waals surface area contributed by atoms with E-state index in [4.69, 9.17) is 9.47 Å². The van der Waals surface area contributed by atoms with Gasteiger partial charge in [-0.25, -0.2) is 4.79 Å². The van der Waals surface area contributed by atoms with Crippen LogP contribution in [-0.2, 0) is 0 Å². The number of amides is 2. The molecule has 2 rings (SSSR count). The summed E-state index contributed by atoms with van der Waals surface area (Å²) in [5, 5.41) is 5.56. The van der Waals surface area contributed by atoms with Crippen molar-refractivity contribution in [2.75, 3.05) is 10.6 Å². The second kappa shape index (κ2) is 8.24. The summed E-state index contributed by atoms with van der Waals surface area (Å²) in [5.74, 6) is 1.55. The molecule has 2 aromatic rings. The topological polar surface area (TPSA) is 59.6 Å². The van der Waals surface area contributed by atoms with E-state index in [1.54, 1.807) is 24.3 Å². The summed E-state index contributed by atoms with van der Waals surface area (Å²) in [7, 11) is 0. The molecule has 0 bridgehead atoms. The minimum atomic E-state index is -0.301. The van der Waals surface area contributed by atoms with Crippen molar-refractivity contribution in [3.63, 3.8) is 0 Å². The normalized spacial score (nSPS) is 10.6. The molecule has 0 aromatic heterocycles. The van der Waals surface area contributed by atoms with Crippen LogP contribution >= 0.6 is 0 Å². The average molecular weight is 328 g/mol. The zero-order valence-electron chi connectivity index (χ0n) is 14.5. The lowest BCUT2D eigenvalue weighted by atomic mass is 10.3. The maximum absolute atomic E-state index is 12.0. The predicted molar refractivity (Wildman–Crippen MR) is 97.1 cm³/mol. The van der Waals surface area contributed by atoms with E-state index in [2.05, 4.69) is 10.6 Å². The molecule has 0 radical (unpaired) electrons. The van der Waals surface area contributed by atoms with Crippen molar-refractivity contribution >= 4 is 17.4 Å². The highest BCUT2D eigenvalue weighted by molar-refractivity contribution is 5.99. The van der Waals surface area contributed by atoms with Gasteiger partial charge in [0.05, 0.1) is 12.2 Å². The van der Waals surface area contributed by atoms with Crippen molar-refractivity contribution in [2.24, 2.45) is 0 Å². The van der Waals surface area contributed by atoms with Gasteiger partial charge in [0.2, 0.25) is 0 Å². The summed E-state index contributed by atoms with van der Waals surface area (Å²) >= 11 is 0. The highest BCUT2D eigenvalue weighted by Crippen LogP contribution is 2.19. The average Bonchev–Trinajstić information content (AvgIpc) is 2.50. The molecule has 5 nitrogen and oxygen atoms in total. The SMILES string of the molecule is CC(C)Oc1ccc(NC(=O)Nc2ccc(OC(C)C)cc2)cc1. The number of carbonyl (C=O) groups is 1. The third-order valence-corrected chi connectivity index (χ3v) is 2.97. The molecule has 0 aliphatic heterocycles. The molecule has 5 heteroatoms. The Labute approximate surface area is 143 Å². The van der Waals surface area contributed by atoms with Gasteiger partial charge in [0.15, 0.2) is 0 Å². The zero-order valence-corrected chi connectivity index (χ0v) is 14.5. The van der Waals surface area contributed by atoms with E-state index in [9.17, 15) is 4.79 Å². The number of rotatable bonds is 6. The molecule has 0 unspecified atom stereocenters. The number of ether oxygens (including phenoxy) is 2. The summed E-state index contributed by atoms with van der Waals surface area (Å²) < 4.78 is 11.1. The lowest BCUT2D eigenvalue weighted by molar-refractivity contribution is 0.242. The zero-order chi connectivity index (χ0) is 17.5. The van der Waals surface area contributed by atoms with Gasteiger partial charge in [-0.1, -0.05) is 0 Å². The molecule has 0 heterocycles. The van der Waals surface area contributed by atoms with Gasteiger partial charge in [0, 0.05) is 11.4 Å². The molecule has 0 saturated carbocycles. The van der Waals surface area contributed by atoms with Crippen LogP contribution in [0.2, 0.25) is 0 Å². The van der Waals surface area contributed by atoms with E-state index in [1.165, 1.54) is 0 Å². The van der Waals surface area contributed by atoms with E-state index in [-0.39, 0.29) is 18.2 Å². The van der Waals surface area contributed by atoms with Crippen molar-refractivity contribution < 1.29 is 14.3 Å². The van der Waals surface area contributed by atoms with E-state index in [1.807, 2.05) is 52.0 Å². The van der Waals surface area contributed by atoms with Gasteiger partial charge in [-0.05, 0) is 76.2 Å². The van der Waals surface area contributed by atoms with Crippen LogP contribution < -0.4 is 20.1 Å². The summed E-state index contributed by atoms with van der Waals surface area (Å²) in [6.07, 6.45) is 0.240. The van der Waals surface area contributed by atoms with Crippen molar-refractivity contribution in [3.8, 4) is 11.5 Å². The molecule has 24 heavy (non-hydrogen) atoms. The minimum Gasteiger partial charge on any atom is -0.491 e. The first kappa shape index (κ1) is 17.7. The van der Waals surface area contributed by atoms with E-state index in [0.29, 0.717) is 11.4 Å². The maximum Gasteiger partial charge on any atom is 0.323 e. The molecule has 128 valence electrons. The number of nitrogens with one attached hydrogen (secondary N) is 2. The molecule has 0 aliphatic carbocycles. The highest BCUT2D eigenvalue weighted by Gasteiger charge is 2.04. The molecule has 2 N–H and O–H groups in total. The van der Waals surface area contributed by atoms with Crippen LogP contribution in [0.5, 0.6) is 11.5 Å². The van der Waals surface area contributed by atoms with Crippen LogP contribution in [0.3, 0.4) is 0 Å². The minimum absolute atomic E-state index is 0.120. The smallest absolute Gasteiger partial charge is 0.323 e.